The van der Waals surface area contributed by atoms with Gasteiger partial charge >= 0.3 is 0 Å². The van der Waals surface area contributed by atoms with Gasteiger partial charge in [0, 0.05) is 5.92 Å². The second kappa shape index (κ2) is 8.61. The molecule has 0 nitrogen and oxygen atoms in total. The molecular formula is C28H32. The molecule has 2 aliphatic carbocycles. The Kier molecular flexibility index (Phi) is 6.19. The Morgan fingerprint density at radius 2 is 1.39 bits per heavy atom. The second-order valence-electron chi connectivity index (χ2n) is 7.08. The zero-order valence-electron chi connectivity index (χ0n) is 18.1. The van der Waals surface area contributed by atoms with Crippen LogP contribution >= 0.6 is 0 Å². The third-order valence-electron chi connectivity index (χ3n) is 5.60. The summed E-state index contributed by atoms with van der Waals surface area (Å²) in [5.41, 5.74) is 12.9. The van der Waals surface area contributed by atoms with E-state index in [1.807, 2.05) is 27.7 Å². The lowest BCUT2D eigenvalue weighted by Gasteiger charge is -2.27. The van der Waals surface area contributed by atoms with Gasteiger partial charge < -0.3 is 0 Å². The van der Waals surface area contributed by atoms with Crippen molar-refractivity contribution in [2.75, 3.05) is 0 Å². The first-order valence-corrected chi connectivity index (χ1v) is 10.7. The number of hydrogen-bond acceptors (Lipinski definition) is 0. The van der Waals surface area contributed by atoms with Crippen molar-refractivity contribution in [3.8, 4) is 11.1 Å². The summed E-state index contributed by atoms with van der Waals surface area (Å²) in [4.78, 5) is 0. The van der Waals surface area contributed by atoms with Crippen molar-refractivity contribution in [1.82, 2.24) is 0 Å². The molecule has 2 aliphatic rings. The quantitative estimate of drug-likeness (QED) is 0.317. The summed E-state index contributed by atoms with van der Waals surface area (Å²) in [7, 11) is 0. The number of fused-ring (bicyclic) bond motifs is 3. The molecule has 0 bridgehead atoms. The first-order chi connectivity index (χ1) is 13.7. The summed E-state index contributed by atoms with van der Waals surface area (Å²) >= 11 is 0. The fourth-order valence-electron chi connectivity index (χ4n) is 4.49. The van der Waals surface area contributed by atoms with Gasteiger partial charge in [-0.25, -0.2) is 0 Å². The van der Waals surface area contributed by atoms with Gasteiger partial charge in [-0.2, -0.15) is 0 Å². The molecule has 0 saturated carbocycles. The number of allylic oxidation sites excluding steroid dienone is 1. The predicted molar refractivity (Wildman–Crippen MR) is 124 cm³/mol. The van der Waals surface area contributed by atoms with E-state index in [-0.39, 0.29) is 0 Å². The Labute approximate surface area is 171 Å². The molecule has 0 N–H and O–H groups in total. The molecule has 0 fully saturated rings. The minimum atomic E-state index is 0.473. The van der Waals surface area contributed by atoms with Crippen molar-refractivity contribution in [3.05, 3.63) is 100 Å². The Morgan fingerprint density at radius 1 is 0.714 bits per heavy atom. The third-order valence-corrected chi connectivity index (χ3v) is 5.60. The van der Waals surface area contributed by atoms with Gasteiger partial charge in [0.1, 0.15) is 0 Å². The standard InChI is InChI=1S/C24H20.2C2H6/c1-15-8-10-19-20-11-9-16(2)23-18(17-6-4-3-5-7-17)12-13-21(24(20)23)22(19)14-15;2*1-2/h3-11,13-14,18H,12H2,1-2H3;2*1-2H3. The van der Waals surface area contributed by atoms with E-state index in [0.717, 1.165) is 6.42 Å². The highest BCUT2D eigenvalue weighted by Crippen LogP contribution is 2.52. The van der Waals surface area contributed by atoms with Crippen LogP contribution in [-0.4, -0.2) is 0 Å². The average molecular weight is 369 g/mol. The third kappa shape index (κ3) is 3.22. The van der Waals surface area contributed by atoms with Crippen LogP contribution in [0.15, 0.2) is 66.7 Å². The van der Waals surface area contributed by atoms with E-state index in [2.05, 4.69) is 80.6 Å². The van der Waals surface area contributed by atoms with E-state index in [1.54, 1.807) is 0 Å². The van der Waals surface area contributed by atoms with Crippen LogP contribution in [-0.2, 0) is 0 Å². The van der Waals surface area contributed by atoms with E-state index >= 15 is 0 Å². The zero-order chi connectivity index (χ0) is 20.3. The first-order valence-electron chi connectivity index (χ1n) is 10.7. The van der Waals surface area contributed by atoms with Gasteiger partial charge in [-0.1, -0.05) is 100.0 Å². The van der Waals surface area contributed by atoms with Crippen LogP contribution in [0.4, 0.5) is 0 Å². The Hall–Kier alpha value is -2.60. The van der Waals surface area contributed by atoms with Gasteiger partial charge in [0.15, 0.2) is 0 Å². The number of rotatable bonds is 1. The number of hydrogen-bond donors (Lipinski definition) is 0. The van der Waals surface area contributed by atoms with Crippen molar-refractivity contribution >= 4 is 5.57 Å². The van der Waals surface area contributed by atoms with Gasteiger partial charge in [0.2, 0.25) is 0 Å². The molecule has 3 aromatic rings. The van der Waals surface area contributed by atoms with Gasteiger partial charge in [-0.05, 0) is 64.8 Å². The van der Waals surface area contributed by atoms with Gasteiger partial charge in [0.05, 0.1) is 0 Å². The maximum atomic E-state index is 2.47. The van der Waals surface area contributed by atoms with Crippen molar-refractivity contribution in [2.45, 2.75) is 53.9 Å². The van der Waals surface area contributed by atoms with E-state index in [1.165, 1.54) is 50.1 Å². The minimum absolute atomic E-state index is 0.473. The predicted octanol–water partition coefficient (Wildman–Crippen LogP) is 8.30. The van der Waals surface area contributed by atoms with Crippen LogP contribution in [0.1, 0.15) is 73.4 Å². The van der Waals surface area contributed by atoms with Crippen molar-refractivity contribution < 1.29 is 0 Å². The Morgan fingerprint density at radius 3 is 2.11 bits per heavy atom. The molecule has 3 aromatic carbocycles. The van der Waals surface area contributed by atoms with E-state index < -0.39 is 0 Å². The highest BCUT2D eigenvalue weighted by molar-refractivity contribution is 6.03. The van der Waals surface area contributed by atoms with E-state index in [9.17, 15) is 0 Å². The summed E-state index contributed by atoms with van der Waals surface area (Å²) in [5, 5.41) is 0. The van der Waals surface area contributed by atoms with Crippen LogP contribution in [0.25, 0.3) is 16.7 Å². The average Bonchev–Trinajstić information content (AvgIpc) is 3.08. The molecule has 1 unspecified atom stereocenters. The van der Waals surface area contributed by atoms with Crippen LogP contribution in [0.5, 0.6) is 0 Å². The van der Waals surface area contributed by atoms with Crippen molar-refractivity contribution in [3.63, 3.8) is 0 Å². The molecule has 144 valence electrons. The largest absolute Gasteiger partial charge is 0.0751 e. The van der Waals surface area contributed by atoms with Gasteiger partial charge in [-0.15, -0.1) is 0 Å². The van der Waals surface area contributed by atoms with E-state index in [0.29, 0.717) is 5.92 Å². The zero-order valence-corrected chi connectivity index (χ0v) is 18.1. The lowest BCUT2D eigenvalue weighted by atomic mass is 9.77. The van der Waals surface area contributed by atoms with Crippen LogP contribution in [0.2, 0.25) is 0 Å². The SMILES string of the molecule is CC.CC.Cc1ccc2c(c1)C1=CCC(c3ccccc3)c3c(C)ccc-2c31. The van der Waals surface area contributed by atoms with Crippen molar-refractivity contribution in [1.29, 1.82) is 0 Å². The molecule has 1 atom stereocenters. The normalized spacial score (nSPS) is 15.2. The van der Waals surface area contributed by atoms with Crippen LogP contribution in [0, 0.1) is 13.8 Å². The Bertz CT molecular complexity index is 990. The molecule has 0 aliphatic heterocycles. The highest BCUT2D eigenvalue weighted by Gasteiger charge is 2.33. The van der Waals surface area contributed by atoms with Crippen LogP contribution < -0.4 is 0 Å². The van der Waals surface area contributed by atoms with E-state index in [4.69, 9.17) is 0 Å². The lowest BCUT2D eigenvalue weighted by Crippen LogP contribution is -2.10. The summed E-state index contributed by atoms with van der Waals surface area (Å²) < 4.78 is 0. The summed E-state index contributed by atoms with van der Waals surface area (Å²) in [6.07, 6.45) is 3.55. The molecule has 0 amide bonds. The molecule has 0 saturated heterocycles. The van der Waals surface area contributed by atoms with Crippen LogP contribution in [0.3, 0.4) is 0 Å². The molecule has 5 rings (SSSR count). The Balaban J connectivity index is 0.000000531. The topological polar surface area (TPSA) is 0 Å². The summed E-state index contributed by atoms with van der Waals surface area (Å²) in [6.45, 7) is 12.5. The lowest BCUT2D eigenvalue weighted by molar-refractivity contribution is 0.809. The smallest absolute Gasteiger partial charge is 0.0133 e. The number of aryl methyl sites for hydroxylation is 2. The molecule has 0 radical (unpaired) electrons. The number of benzene rings is 3. The monoisotopic (exact) mass is 368 g/mol. The van der Waals surface area contributed by atoms with Gasteiger partial charge in [0.25, 0.3) is 0 Å². The fraction of sp³-hybridized carbons (Fsp3) is 0.286. The maximum absolute atomic E-state index is 2.47. The first kappa shape index (κ1) is 20.1. The molecule has 0 heterocycles. The highest BCUT2D eigenvalue weighted by atomic mass is 14.4. The second-order valence-corrected chi connectivity index (χ2v) is 7.08. The van der Waals surface area contributed by atoms with Gasteiger partial charge in [-0.3, -0.25) is 0 Å². The molecule has 0 heteroatoms. The molecule has 0 aromatic heterocycles. The molecule has 0 spiro atoms. The molecule has 28 heavy (non-hydrogen) atoms. The fourth-order valence-corrected chi connectivity index (χ4v) is 4.49. The minimum Gasteiger partial charge on any atom is -0.0751 e. The summed E-state index contributed by atoms with van der Waals surface area (Å²) in [5.74, 6) is 0.473. The maximum Gasteiger partial charge on any atom is 0.0133 e. The summed E-state index contributed by atoms with van der Waals surface area (Å²) in [6, 6.07) is 22.5. The van der Waals surface area contributed by atoms with Crippen molar-refractivity contribution in [2.24, 2.45) is 0 Å². The molecular weight excluding hydrogens is 336 g/mol.